The number of fused-ring (bicyclic) bond motifs is 1. The number of furan rings is 1. The summed E-state index contributed by atoms with van der Waals surface area (Å²) in [6, 6.07) is 3.93. The van der Waals surface area contributed by atoms with Crippen LogP contribution in [0, 0.1) is 6.92 Å². The number of aryl methyl sites for hydroxylation is 1. The highest BCUT2D eigenvalue weighted by atomic mass is 32.1. The Morgan fingerprint density at radius 3 is 3.12 bits per heavy atom. The lowest BCUT2D eigenvalue weighted by Crippen LogP contribution is -2.35. The quantitative estimate of drug-likeness (QED) is 0.776. The van der Waals surface area contributed by atoms with Crippen molar-refractivity contribution in [1.82, 2.24) is 4.90 Å². The van der Waals surface area contributed by atoms with Gasteiger partial charge in [-0.2, -0.15) is 0 Å². The molecule has 0 aliphatic carbocycles. The molecule has 3 nitrogen and oxygen atoms in total. The van der Waals surface area contributed by atoms with Gasteiger partial charge in [-0.05, 0) is 36.4 Å². The van der Waals surface area contributed by atoms with Crippen LogP contribution < -0.4 is 0 Å². The number of nitrogens with zero attached hydrogens (tertiary/aromatic N) is 1. The summed E-state index contributed by atoms with van der Waals surface area (Å²) in [6.07, 6.45) is 2.53. The summed E-state index contributed by atoms with van der Waals surface area (Å²) in [5, 5.41) is 2.09. The highest BCUT2D eigenvalue weighted by molar-refractivity contribution is 7.10. The molecule has 0 aromatic carbocycles. The van der Waals surface area contributed by atoms with Gasteiger partial charge in [-0.25, -0.2) is 0 Å². The summed E-state index contributed by atoms with van der Waals surface area (Å²) in [5.41, 5.74) is 2.19. The number of hydrogen-bond acceptors (Lipinski definition) is 3. The molecule has 1 amide bonds. The number of rotatable bonds is 1. The van der Waals surface area contributed by atoms with Crippen molar-refractivity contribution in [2.24, 2.45) is 0 Å². The summed E-state index contributed by atoms with van der Waals surface area (Å²) >= 11 is 1.78. The van der Waals surface area contributed by atoms with Gasteiger partial charge in [0.05, 0.1) is 6.26 Å². The monoisotopic (exact) mass is 247 g/mol. The smallest absolute Gasteiger partial charge is 0.290 e. The lowest BCUT2D eigenvalue weighted by molar-refractivity contribution is 0.0702. The van der Waals surface area contributed by atoms with Crippen LogP contribution in [-0.4, -0.2) is 17.4 Å². The molecule has 0 radical (unpaired) electrons. The molecule has 88 valence electrons. The first-order valence-corrected chi connectivity index (χ1v) is 6.52. The average Bonchev–Trinajstić information content (AvgIpc) is 2.95. The fourth-order valence-electron chi connectivity index (χ4n) is 2.16. The molecular formula is C13H13NO2S. The zero-order chi connectivity index (χ0) is 11.8. The summed E-state index contributed by atoms with van der Waals surface area (Å²) < 4.78 is 5.26. The molecular weight excluding hydrogens is 234 g/mol. The molecule has 0 unspecified atom stereocenters. The molecule has 4 heteroatoms. The zero-order valence-corrected chi connectivity index (χ0v) is 10.4. The van der Waals surface area contributed by atoms with E-state index in [4.69, 9.17) is 4.42 Å². The molecule has 3 heterocycles. The largest absolute Gasteiger partial charge is 0.459 e. The van der Waals surface area contributed by atoms with Crippen molar-refractivity contribution in [3.63, 3.8) is 0 Å². The first-order valence-electron chi connectivity index (χ1n) is 5.64. The molecule has 0 spiro atoms. The maximum atomic E-state index is 12.2. The number of carbonyl (C=O) groups is 1. The fraction of sp³-hybridized carbons (Fsp3) is 0.308. The van der Waals surface area contributed by atoms with Crippen LogP contribution in [0.25, 0.3) is 0 Å². The Morgan fingerprint density at radius 1 is 1.47 bits per heavy atom. The molecule has 2 aromatic heterocycles. The van der Waals surface area contributed by atoms with E-state index >= 15 is 0 Å². The van der Waals surface area contributed by atoms with Crippen molar-refractivity contribution in [3.05, 3.63) is 45.5 Å². The number of amides is 1. The van der Waals surface area contributed by atoms with Crippen LogP contribution in [0.5, 0.6) is 0 Å². The highest BCUT2D eigenvalue weighted by Crippen LogP contribution is 2.25. The molecule has 2 aromatic rings. The van der Waals surface area contributed by atoms with E-state index in [1.54, 1.807) is 17.6 Å². The van der Waals surface area contributed by atoms with E-state index in [0.717, 1.165) is 18.5 Å². The standard InChI is InChI=1S/C13H13NO2S/c1-9-3-6-16-12(9)13(15)14-5-2-11-10(8-14)4-7-17-11/h3-4,6-7H,2,5,8H2,1H3. The molecule has 1 aliphatic heterocycles. The van der Waals surface area contributed by atoms with Gasteiger partial charge in [-0.1, -0.05) is 0 Å². The van der Waals surface area contributed by atoms with Crippen LogP contribution in [0.3, 0.4) is 0 Å². The first-order chi connectivity index (χ1) is 8.25. The summed E-state index contributed by atoms with van der Waals surface area (Å²) in [4.78, 5) is 15.5. The van der Waals surface area contributed by atoms with E-state index in [0.29, 0.717) is 12.3 Å². The van der Waals surface area contributed by atoms with Crippen molar-refractivity contribution < 1.29 is 9.21 Å². The summed E-state index contributed by atoms with van der Waals surface area (Å²) in [7, 11) is 0. The van der Waals surface area contributed by atoms with Gasteiger partial charge in [0.2, 0.25) is 0 Å². The predicted molar refractivity (Wildman–Crippen MR) is 66.2 cm³/mol. The fourth-order valence-corrected chi connectivity index (χ4v) is 3.05. The van der Waals surface area contributed by atoms with Crippen LogP contribution in [-0.2, 0) is 13.0 Å². The SMILES string of the molecule is Cc1ccoc1C(=O)N1CCc2sccc2C1. The molecule has 3 rings (SSSR count). The molecule has 0 saturated heterocycles. The number of carbonyl (C=O) groups excluding carboxylic acids is 1. The Hall–Kier alpha value is -1.55. The van der Waals surface area contributed by atoms with Crippen molar-refractivity contribution in [1.29, 1.82) is 0 Å². The van der Waals surface area contributed by atoms with Gasteiger partial charge in [-0.15, -0.1) is 11.3 Å². The molecule has 17 heavy (non-hydrogen) atoms. The topological polar surface area (TPSA) is 33.5 Å². The number of hydrogen-bond donors (Lipinski definition) is 0. The Morgan fingerprint density at radius 2 is 2.35 bits per heavy atom. The van der Waals surface area contributed by atoms with Crippen molar-refractivity contribution in [2.75, 3.05) is 6.54 Å². The maximum absolute atomic E-state index is 12.2. The molecule has 0 bridgehead atoms. The Balaban J connectivity index is 1.84. The Kier molecular flexibility index (Phi) is 2.52. The molecule has 0 atom stereocenters. The van der Waals surface area contributed by atoms with E-state index in [9.17, 15) is 4.79 Å². The van der Waals surface area contributed by atoms with E-state index in [1.807, 2.05) is 17.9 Å². The van der Waals surface area contributed by atoms with E-state index < -0.39 is 0 Å². The molecule has 1 aliphatic rings. The first kappa shape index (κ1) is 10.6. The van der Waals surface area contributed by atoms with Gasteiger partial charge < -0.3 is 9.32 Å². The van der Waals surface area contributed by atoms with Crippen LogP contribution in [0.4, 0.5) is 0 Å². The Bertz CT molecular complexity index is 555. The minimum atomic E-state index is 0.00403. The molecule has 0 N–H and O–H groups in total. The minimum Gasteiger partial charge on any atom is -0.459 e. The van der Waals surface area contributed by atoms with E-state index in [2.05, 4.69) is 11.4 Å². The summed E-state index contributed by atoms with van der Waals surface area (Å²) in [5.74, 6) is 0.480. The lowest BCUT2D eigenvalue weighted by atomic mass is 10.1. The molecule has 0 fully saturated rings. The van der Waals surface area contributed by atoms with Crippen LogP contribution in [0.15, 0.2) is 28.2 Å². The van der Waals surface area contributed by atoms with Gasteiger partial charge in [-0.3, -0.25) is 4.79 Å². The highest BCUT2D eigenvalue weighted by Gasteiger charge is 2.25. The minimum absolute atomic E-state index is 0.00403. The predicted octanol–water partition coefficient (Wildman–Crippen LogP) is 2.85. The van der Waals surface area contributed by atoms with Gasteiger partial charge in [0.25, 0.3) is 5.91 Å². The van der Waals surface area contributed by atoms with Gasteiger partial charge >= 0.3 is 0 Å². The number of thiophene rings is 1. The van der Waals surface area contributed by atoms with Crippen LogP contribution >= 0.6 is 11.3 Å². The second-order valence-electron chi connectivity index (χ2n) is 4.28. The second kappa shape index (κ2) is 4.04. The third-order valence-corrected chi connectivity index (χ3v) is 4.17. The summed E-state index contributed by atoms with van der Waals surface area (Å²) in [6.45, 7) is 3.39. The molecule has 0 saturated carbocycles. The maximum Gasteiger partial charge on any atom is 0.290 e. The van der Waals surface area contributed by atoms with Gasteiger partial charge in [0, 0.05) is 23.5 Å². The van der Waals surface area contributed by atoms with Gasteiger partial charge in [0.15, 0.2) is 5.76 Å². The van der Waals surface area contributed by atoms with Gasteiger partial charge in [0.1, 0.15) is 0 Å². The van der Waals surface area contributed by atoms with Crippen molar-refractivity contribution >= 4 is 17.2 Å². The lowest BCUT2D eigenvalue weighted by Gasteiger charge is -2.26. The van der Waals surface area contributed by atoms with Crippen molar-refractivity contribution in [3.8, 4) is 0 Å². The van der Waals surface area contributed by atoms with E-state index in [1.165, 1.54) is 10.4 Å². The third-order valence-electron chi connectivity index (χ3n) is 3.15. The normalized spacial score (nSPS) is 14.8. The van der Waals surface area contributed by atoms with Crippen LogP contribution in [0.2, 0.25) is 0 Å². The zero-order valence-electron chi connectivity index (χ0n) is 9.60. The Labute approximate surface area is 104 Å². The average molecular weight is 247 g/mol. The van der Waals surface area contributed by atoms with E-state index in [-0.39, 0.29) is 5.91 Å². The van der Waals surface area contributed by atoms with Crippen molar-refractivity contribution in [2.45, 2.75) is 19.9 Å². The van der Waals surface area contributed by atoms with Crippen LogP contribution in [0.1, 0.15) is 26.6 Å². The third kappa shape index (κ3) is 1.78. The second-order valence-corrected chi connectivity index (χ2v) is 5.28.